The van der Waals surface area contributed by atoms with Crippen molar-refractivity contribution >= 4 is 11.0 Å². The fraction of sp³-hybridized carbons (Fsp3) is 0.364. The van der Waals surface area contributed by atoms with Crippen molar-refractivity contribution < 1.29 is 4.39 Å². The number of nitrogens with one attached hydrogen (secondary N) is 2. The number of aromatic nitrogens is 2. The van der Waals surface area contributed by atoms with Gasteiger partial charge < -0.3 is 10.3 Å². The van der Waals surface area contributed by atoms with Crippen molar-refractivity contribution in [3.63, 3.8) is 0 Å². The zero-order valence-corrected chi connectivity index (χ0v) is 8.84. The SMILES string of the molecule is CCC(NC)c1nc2ccc(F)cc2[nH]1. The minimum absolute atomic E-state index is 0.195. The smallest absolute Gasteiger partial charge is 0.125 e. The highest BCUT2D eigenvalue weighted by Gasteiger charge is 2.11. The highest BCUT2D eigenvalue weighted by molar-refractivity contribution is 5.75. The molecule has 0 aliphatic rings. The van der Waals surface area contributed by atoms with Gasteiger partial charge in [-0.2, -0.15) is 0 Å². The molecule has 0 amide bonds. The van der Waals surface area contributed by atoms with E-state index in [1.54, 1.807) is 6.07 Å². The molecule has 2 rings (SSSR count). The van der Waals surface area contributed by atoms with Crippen LogP contribution in [0.1, 0.15) is 25.2 Å². The molecular formula is C11H14FN3. The number of aromatic amines is 1. The highest BCUT2D eigenvalue weighted by atomic mass is 19.1. The standard InChI is InChI=1S/C11H14FN3/c1-3-8(13-2)11-14-9-5-4-7(12)6-10(9)15-11/h4-6,8,13H,3H2,1-2H3,(H,14,15). The molecule has 0 radical (unpaired) electrons. The van der Waals surface area contributed by atoms with Crippen molar-refractivity contribution in [3.8, 4) is 0 Å². The van der Waals surface area contributed by atoms with Gasteiger partial charge in [-0.15, -0.1) is 0 Å². The Bertz CT molecular complexity index is 460. The number of benzene rings is 1. The predicted molar refractivity (Wildman–Crippen MR) is 58.1 cm³/mol. The van der Waals surface area contributed by atoms with E-state index in [9.17, 15) is 4.39 Å². The van der Waals surface area contributed by atoms with Crippen LogP contribution in [0, 0.1) is 5.82 Å². The molecule has 1 atom stereocenters. The topological polar surface area (TPSA) is 40.7 Å². The summed E-state index contributed by atoms with van der Waals surface area (Å²) in [4.78, 5) is 7.54. The summed E-state index contributed by atoms with van der Waals surface area (Å²) >= 11 is 0. The van der Waals surface area contributed by atoms with Gasteiger partial charge in [0.1, 0.15) is 11.6 Å². The van der Waals surface area contributed by atoms with E-state index in [4.69, 9.17) is 0 Å². The van der Waals surface area contributed by atoms with E-state index in [0.29, 0.717) is 0 Å². The Hall–Kier alpha value is -1.42. The molecule has 0 spiro atoms. The van der Waals surface area contributed by atoms with E-state index in [-0.39, 0.29) is 11.9 Å². The summed E-state index contributed by atoms with van der Waals surface area (Å²) in [5.41, 5.74) is 1.55. The van der Waals surface area contributed by atoms with Crippen LogP contribution in [-0.4, -0.2) is 17.0 Å². The molecule has 1 aromatic carbocycles. The molecule has 1 heterocycles. The predicted octanol–water partition coefficient (Wildman–Crippen LogP) is 2.37. The number of nitrogens with zero attached hydrogens (tertiary/aromatic N) is 1. The van der Waals surface area contributed by atoms with Crippen LogP contribution in [0.5, 0.6) is 0 Å². The molecule has 1 aromatic heterocycles. The normalized spacial score (nSPS) is 13.3. The summed E-state index contributed by atoms with van der Waals surface area (Å²) in [6.07, 6.45) is 0.943. The third-order valence-electron chi connectivity index (χ3n) is 2.55. The third-order valence-corrected chi connectivity index (χ3v) is 2.55. The fourth-order valence-corrected chi connectivity index (χ4v) is 1.70. The molecule has 0 bridgehead atoms. The first-order valence-electron chi connectivity index (χ1n) is 5.07. The first-order chi connectivity index (χ1) is 7.24. The zero-order chi connectivity index (χ0) is 10.8. The second-order valence-electron chi connectivity index (χ2n) is 3.53. The molecule has 4 heteroatoms. The van der Waals surface area contributed by atoms with Crippen LogP contribution in [0.15, 0.2) is 18.2 Å². The fourth-order valence-electron chi connectivity index (χ4n) is 1.70. The quantitative estimate of drug-likeness (QED) is 0.811. The summed E-state index contributed by atoms with van der Waals surface area (Å²) in [5.74, 6) is 0.621. The van der Waals surface area contributed by atoms with Crippen LogP contribution in [0.25, 0.3) is 11.0 Å². The van der Waals surface area contributed by atoms with E-state index in [0.717, 1.165) is 23.3 Å². The number of rotatable bonds is 3. The van der Waals surface area contributed by atoms with Crippen molar-refractivity contribution in [2.24, 2.45) is 0 Å². The molecule has 0 saturated carbocycles. The second-order valence-corrected chi connectivity index (χ2v) is 3.53. The Labute approximate surface area is 87.7 Å². The van der Waals surface area contributed by atoms with E-state index in [1.165, 1.54) is 12.1 Å². The third kappa shape index (κ3) is 1.85. The van der Waals surface area contributed by atoms with E-state index in [2.05, 4.69) is 22.2 Å². The summed E-state index contributed by atoms with van der Waals surface area (Å²) < 4.78 is 12.9. The summed E-state index contributed by atoms with van der Waals surface area (Å²) in [7, 11) is 1.89. The number of hydrogen-bond acceptors (Lipinski definition) is 2. The lowest BCUT2D eigenvalue weighted by atomic mass is 10.2. The highest BCUT2D eigenvalue weighted by Crippen LogP contribution is 2.18. The minimum Gasteiger partial charge on any atom is -0.341 e. The van der Waals surface area contributed by atoms with E-state index >= 15 is 0 Å². The van der Waals surface area contributed by atoms with Gasteiger partial charge in [0, 0.05) is 0 Å². The molecule has 0 saturated heterocycles. The van der Waals surface area contributed by atoms with Crippen LogP contribution < -0.4 is 5.32 Å². The molecule has 2 N–H and O–H groups in total. The zero-order valence-electron chi connectivity index (χ0n) is 8.84. The van der Waals surface area contributed by atoms with Gasteiger partial charge in [0.05, 0.1) is 17.1 Å². The summed E-state index contributed by atoms with van der Waals surface area (Å²) in [5, 5.41) is 3.16. The molecular weight excluding hydrogens is 193 g/mol. The maximum Gasteiger partial charge on any atom is 0.125 e. The minimum atomic E-state index is -0.241. The second kappa shape index (κ2) is 3.98. The van der Waals surface area contributed by atoms with Crippen LogP contribution in [0.4, 0.5) is 4.39 Å². The molecule has 2 aromatic rings. The first kappa shape index (κ1) is 10.1. The molecule has 0 aliphatic carbocycles. The lowest BCUT2D eigenvalue weighted by Crippen LogP contribution is -2.16. The summed E-state index contributed by atoms with van der Waals surface area (Å²) in [6.45, 7) is 2.08. The summed E-state index contributed by atoms with van der Waals surface area (Å²) in [6, 6.07) is 4.77. The Morgan fingerprint density at radius 3 is 3.00 bits per heavy atom. The van der Waals surface area contributed by atoms with Crippen LogP contribution in [0.3, 0.4) is 0 Å². The van der Waals surface area contributed by atoms with Crippen LogP contribution in [-0.2, 0) is 0 Å². The van der Waals surface area contributed by atoms with Gasteiger partial charge in [-0.25, -0.2) is 9.37 Å². The Morgan fingerprint density at radius 1 is 1.53 bits per heavy atom. The van der Waals surface area contributed by atoms with Crippen LogP contribution in [0.2, 0.25) is 0 Å². The first-order valence-corrected chi connectivity index (χ1v) is 5.07. The molecule has 1 unspecified atom stereocenters. The van der Waals surface area contributed by atoms with Crippen molar-refractivity contribution in [1.29, 1.82) is 0 Å². The molecule has 3 nitrogen and oxygen atoms in total. The number of halogens is 1. The van der Waals surface area contributed by atoms with Gasteiger partial charge in [-0.1, -0.05) is 6.92 Å². The lowest BCUT2D eigenvalue weighted by Gasteiger charge is -2.09. The molecule has 15 heavy (non-hydrogen) atoms. The molecule has 0 fully saturated rings. The van der Waals surface area contributed by atoms with Crippen molar-refractivity contribution in [3.05, 3.63) is 29.8 Å². The molecule has 80 valence electrons. The Balaban J connectivity index is 2.46. The van der Waals surface area contributed by atoms with Crippen LogP contribution >= 0.6 is 0 Å². The van der Waals surface area contributed by atoms with Gasteiger partial charge in [0.2, 0.25) is 0 Å². The Morgan fingerprint density at radius 2 is 2.33 bits per heavy atom. The van der Waals surface area contributed by atoms with Crippen molar-refractivity contribution in [1.82, 2.24) is 15.3 Å². The average Bonchev–Trinajstić information content (AvgIpc) is 2.62. The number of hydrogen-bond donors (Lipinski definition) is 2. The largest absolute Gasteiger partial charge is 0.341 e. The van der Waals surface area contributed by atoms with Crippen molar-refractivity contribution in [2.75, 3.05) is 7.05 Å². The van der Waals surface area contributed by atoms with E-state index in [1.807, 2.05) is 7.05 Å². The number of fused-ring (bicyclic) bond motifs is 1. The molecule has 0 aliphatic heterocycles. The average molecular weight is 207 g/mol. The van der Waals surface area contributed by atoms with Gasteiger partial charge >= 0.3 is 0 Å². The van der Waals surface area contributed by atoms with E-state index < -0.39 is 0 Å². The lowest BCUT2D eigenvalue weighted by molar-refractivity contribution is 0.551. The van der Waals surface area contributed by atoms with Crippen molar-refractivity contribution in [2.45, 2.75) is 19.4 Å². The maximum absolute atomic E-state index is 12.9. The monoisotopic (exact) mass is 207 g/mol. The number of H-pyrrole nitrogens is 1. The van der Waals surface area contributed by atoms with Gasteiger partial charge in [0.25, 0.3) is 0 Å². The van der Waals surface area contributed by atoms with Gasteiger partial charge in [0.15, 0.2) is 0 Å². The van der Waals surface area contributed by atoms with Gasteiger partial charge in [-0.3, -0.25) is 0 Å². The Kier molecular flexibility index (Phi) is 2.68. The maximum atomic E-state index is 12.9. The number of imidazole rings is 1. The van der Waals surface area contributed by atoms with Gasteiger partial charge in [-0.05, 0) is 31.7 Å².